The van der Waals surface area contributed by atoms with E-state index < -0.39 is 5.97 Å². The Kier molecular flexibility index (Phi) is 6.18. The predicted octanol–water partition coefficient (Wildman–Crippen LogP) is 1.97. The zero-order valence-electron chi connectivity index (χ0n) is 5.46. The Morgan fingerprint density at radius 3 is 2.70 bits per heavy atom. The van der Waals surface area contributed by atoms with Gasteiger partial charge in [0.25, 0.3) is 0 Å². The Balaban J connectivity index is 3.42. The maximum atomic E-state index is 9.90. The molecule has 0 unspecified atom stereocenters. The minimum Gasteiger partial charge on any atom is -0.478 e. The number of rotatable bonds is 4. The van der Waals surface area contributed by atoms with Gasteiger partial charge in [-0.1, -0.05) is 34.2 Å². The fraction of sp³-hybridized carbons (Fsp3) is 0.286. The Morgan fingerprint density at radius 1 is 1.50 bits per heavy atom. The van der Waals surface area contributed by atoms with Gasteiger partial charge in [-0.25, -0.2) is 4.79 Å². The summed E-state index contributed by atoms with van der Waals surface area (Å²) in [5.41, 5.74) is 0. The molecule has 1 N–H and O–H groups in total. The van der Waals surface area contributed by atoms with Gasteiger partial charge in [-0.05, 0) is 6.42 Å². The molecule has 0 aliphatic carbocycles. The van der Waals surface area contributed by atoms with Crippen LogP contribution in [0.4, 0.5) is 0 Å². The first kappa shape index (κ1) is 9.43. The molecular weight excluding hydrogens is 196 g/mol. The van der Waals surface area contributed by atoms with Crippen LogP contribution in [0.1, 0.15) is 6.42 Å². The van der Waals surface area contributed by atoms with E-state index in [1.165, 1.54) is 6.08 Å². The summed E-state index contributed by atoms with van der Waals surface area (Å²) in [7, 11) is 0. The van der Waals surface area contributed by atoms with E-state index in [2.05, 4.69) is 15.9 Å². The highest BCUT2D eigenvalue weighted by Crippen LogP contribution is 1.89. The van der Waals surface area contributed by atoms with Crippen LogP contribution in [0.15, 0.2) is 24.3 Å². The van der Waals surface area contributed by atoms with Crippen LogP contribution in [0.3, 0.4) is 0 Å². The smallest absolute Gasteiger partial charge is 0.328 e. The molecule has 10 heavy (non-hydrogen) atoms. The fourth-order valence-electron chi connectivity index (χ4n) is 0.376. The van der Waals surface area contributed by atoms with Crippen molar-refractivity contribution in [3.63, 3.8) is 0 Å². The molecule has 0 saturated heterocycles. The first-order valence-electron chi connectivity index (χ1n) is 2.89. The third-order valence-corrected chi connectivity index (χ3v) is 1.22. The molecule has 0 radical (unpaired) electrons. The number of halogens is 1. The Labute approximate surface area is 68.4 Å². The van der Waals surface area contributed by atoms with Gasteiger partial charge in [0.15, 0.2) is 0 Å². The summed E-state index contributed by atoms with van der Waals surface area (Å²) in [5, 5.41) is 9.05. The van der Waals surface area contributed by atoms with Crippen LogP contribution in [0.25, 0.3) is 0 Å². The van der Waals surface area contributed by atoms with Crippen molar-refractivity contribution < 1.29 is 9.90 Å². The normalized spacial score (nSPS) is 11.3. The van der Waals surface area contributed by atoms with E-state index in [-0.39, 0.29) is 0 Å². The van der Waals surface area contributed by atoms with Crippen molar-refractivity contribution in [2.75, 3.05) is 5.33 Å². The van der Waals surface area contributed by atoms with Crippen molar-refractivity contribution in [2.45, 2.75) is 6.42 Å². The Morgan fingerprint density at radius 2 is 2.20 bits per heavy atom. The molecule has 0 aromatic carbocycles. The molecule has 0 heterocycles. The van der Waals surface area contributed by atoms with Gasteiger partial charge < -0.3 is 5.11 Å². The van der Waals surface area contributed by atoms with E-state index in [0.29, 0.717) is 0 Å². The summed E-state index contributed by atoms with van der Waals surface area (Å²) in [6.07, 6.45) is 7.14. The standard InChI is InChI=1S/C7H9BrO2/c8-6-4-2-1-3-5-7(9)10/h1-3,5H,4,6H2,(H,9,10). The molecule has 0 fully saturated rings. The van der Waals surface area contributed by atoms with E-state index in [1.54, 1.807) is 6.08 Å². The van der Waals surface area contributed by atoms with E-state index in [9.17, 15) is 4.79 Å². The minimum atomic E-state index is -0.913. The van der Waals surface area contributed by atoms with E-state index in [1.807, 2.05) is 6.08 Å². The molecule has 0 atom stereocenters. The predicted molar refractivity (Wildman–Crippen MR) is 44.3 cm³/mol. The molecule has 0 aromatic heterocycles. The third-order valence-electron chi connectivity index (χ3n) is 0.762. The lowest BCUT2D eigenvalue weighted by molar-refractivity contribution is -0.131. The average Bonchev–Trinajstić information content (AvgIpc) is 1.87. The molecule has 0 amide bonds. The minimum absolute atomic E-state index is 0.907. The third kappa shape index (κ3) is 7.43. The molecule has 3 heteroatoms. The fourth-order valence-corrected chi connectivity index (χ4v) is 0.640. The lowest BCUT2D eigenvalue weighted by atomic mass is 10.4. The number of hydrogen-bond donors (Lipinski definition) is 1. The van der Waals surface area contributed by atoms with Crippen molar-refractivity contribution >= 4 is 21.9 Å². The molecule has 0 aliphatic rings. The number of aliphatic carboxylic acids is 1. The van der Waals surface area contributed by atoms with Gasteiger partial charge >= 0.3 is 5.97 Å². The van der Waals surface area contributed by atoms with Crippen LogP contribution in [0, 0.1) is 0 Å². The molecular formula is C7H9BrO2. The highest BCUT2D eigenvalue weighted by molar-refractivity contribution is 9.09. The first-order chi connectivity index (χ1) is 4.77. The van der Waals surface area contributed by atoms with E-state index in [0.717, 1.165) is 17.8 Å². The number of alkyl halides is 1. The molecule has 0 rings (SSSR count). The van der Waals surface area contributed by atoms with Gasteiger partial charge in [-0.3, -0.25) is 0 Å². The largest absolute Gasteiger partial charge is 0.478 e. The van der Waals surface area contributed by atoms with Crippen molar-refractivity contribution in [2.24, 2.45) is 0 Å². The van der Waals surface area contributed by atoms with Gasteiger partial charge in [-0.15, -0.1) is 0 Å². The van der Waals surface area contributed by atoms with Gasteiger partial charge in [0.05, 0.1) is 0 Å². The Bertz CT molecular complexity index is 150. The highest BCUT2D eigenvalue weighted by atomic mass is 79.9. The van der Waals surface area contributed by atoms with Crippen LogP contribution in [0.2, 0.25) is 0 Å². The second kappa shape index (κ2) is 6.55. The molecule has 0 spiro atoms. The summed E-state index contributed by atoms with van der Waals surface area (Å²) < 4.78 is 0. The van der Waals surface area contributed by atoms with Crippen LogP contribution in [-0.2, 0) is 4.79 Å². The van der Waals surface area contributed by atoms with Gasteiger partial charge in [0, 0.05) is 11.4 Å². The maximum absolute atomic E-state index is 9.90. The summed E-state index contributed by atoms with van der Waals surface area (Å²) in [6, 6.07) is 0. The molecule has 56 valence electrons. The monoisotopic (exact) mass is 204 g/mol. The van der Waals surface area contributed by atoms with Crippen LogP contribution in [-0.4, -0.2) is 16.4 Å². The summed E-state index contributed by atoms with van der Waals surface area (Å²) in [4.78, 5) is 9.90. The first-order valence-corrected chi connectivity index (χ1v) is 4.01. The highest BCUT2D eigenvalue weighted by Gasteiger charge is 1.79. The van der Waals surface area contributed by atoms with Crippen molar-refractivity contribution in [1.82, 2.24) is 0 Å². The van der Waals surface area contributed by atoms with Crippen molar-refractivity contribution in [3.05, 3.63) is 24.3 Å². The molecule has 0 aliphatic heterocycles. The van der Waals surface area contributed by atoms with Crippen LogP contribution in [0.5, 0.6) is 0 Å². The second-order valence-corrected chi connectivity index (χ2v) is 2.40. The lowest BCUT2D eigenvalue weighted by Gasteiger charge is -1.78. The average molecular weight is 205 g/mol. The number of allylic oxidation sites excluding steroid dienone is 3. The summed E-state index contributed by atoms with van der Waals surface area (Å²) >= 11 is 3.24. The molecule has 0 aromatic rings. The summed E-state index contributed by atoms with van der Waals surface area (Å²) in [5.74, 6) is -0.913. The van der Waals surface area contributed by atoms with Gasteiger partial charge in [0.2, 0.25) is 0 Å². The maximum Gasteiger partial charge on any atom is 0.328 e. The Hall–Kier alpha value is -0.570. The van der Waals surface area contributed by atoms with Crippen LogP contribution < -0.4 is 0 Å². The topological polar surface area (TPSA) is 37.3 Å². The van der Waals surface area contributed by atoms with Crippen LogP contribution >= 0.6 is 15.9 Å². The second-order valence-electron chi connectivity index (χ2n) is 1.60. The van der Waals surface area contributed by atoms with Crippen molar-refractivity contribution in [3.8, 4) is 0 Å². The summed E-state index contributed by atoms with van der Waals surface area (Å²) in [6.45, 7) is 0. The van der Waals surface area contributed by atoms with Gasteiger partial charge in [0.1, 0.15) is 0 Å². The zero-order chi connectivity index (χ0) is 7.82. The molecule has 2 nitrogen and oxygen atoms in total. The molecule has 0 bridgehead atoms. The van der Waals surface area contributed by atoms with Crippen molar-refractivity contribution in [1.29, 1.82) is 0 Å². The number of carbonyl (C=O) groups is 1. The number of hydrogen-bond acceptors (Lipinski definition) is 1. The quantitative estimate of drug-likeness (QED) is 0.432. The number of carboxylic acid groups (broad SMARTS) is 1. The van der Waals surface area contributed by atoms with Gasteiger partial charge in [-0.2, -0.15) is 0 Å². The van der Waals surface area contributed by atoms with E-state index >= 15 is 0 Å². The zero-order valence-corrected chi connectivity index (χ0v) is 7.04. The lowest BCUT2D eigenvalue weighted by Crippen LogP contribution is -1.84. The molecule has 0 saturated carbocycles. The SMILES string of the molecule is O=C(O)C=CC=CCCBr. The van der Waals surface area contributed by atoms with E-state index in [4.69, 9.17) is 5.11 Å². The number of carboxylic acids is 1.